The molecule has 0 saturated carbocycles. The fraction of sp³-hybridized carbons (Fsp3) is 0.214. The number of hydrogen-bond donors (Lipinski definition) is 0. The third-order valence-electron chi connectivity index (χ3n) is 6.74. The lowest BCUT2D eigenvalue weighted by Gasteiger charge is -2.20. The number of rotatable bonds is 6. The van der Waals surface area contributed by atoms with E-state index < -0.39 is 27.2 Å². The van der Waals surface area contributed by atoms with E-state index in [9.17, 15) is 12.8 Å². The summed E-state index contributed by atoms with van der Waals surface area (Å²) in [5.41, 5.74) is 3.28. The van der Waals surface area contributed by atoms with E-state index >= 15 is 4.39 Å². The number of pyridine rings is 1. The van der Waals surface area contributed by atoms with Gasteiger partial charge >= 0.3 is 0 Å². The van der Waals surface area contributed by atoms with Crippen molar-refractivity contribution in [3.63, 3.8) is 0 Å². The van der Waals surface area contributed by atoms with Crippen LogP contribution in [0.25, 0.3) is 11.3 Å². The first-order valence-electron chi connectivity index (χ1n) is 12.2. The summed E-state index contributed by atoms with van der Waals surface area (Å²) in [5, 5.41) is 0. The normalized spacial score (nSPS) is 14.2. The molecule has 2 aliphatic heterocycles. The topological polar surface area (TPSA) is 94.4 Å². The number of ether oxygens (including phenoxy) is 1. The van der Waals surface area contributed by atoms with Gasteiger partial charge in [-0.1, -0.05) is 18.2 Å². The smallest absolute Gasteiger partial charge is 0.186 e. The van der Waals surface area contributed by atoms with E-state index in [4.69, 9.17) is 4.74 Å². The Kier molecular flexibility index (Phi) is 6.19. The van der Waals surface area contributed by atoms with E-state index in [1.54, 1.807) is 24.4 Å². The molecular weight excluding hydrogens is 510 g/mol. The third kappa shape index (κ3) is 4.34. The Hall–Kier alpha value is -4.05. The Bertz CT molecular complexity index is 1710. The summed E-state index contributed by atoms with van der Waals surface area (Å²) >= 11 is 0. The third-order valence-corrected chi connectivity index (χ3v) is 8.42. The van der Waals surface area contributed by atoms with Gasteiger partial charge in [0.2, 0.25) is 0 Å². The summed E-state index contributed by atoms with van der Waals surface area (Å²) in [4.78, 5) is 17.4. The maximum atomic E-state index is 15.7. The van der Waals surface area contributed by atoms with Crippen molar-refractivity contribution in [2.75, 3.05) is 6.61 Å². The largest absolute Gasteiger partial charge is 0.492 e. The predicted molar refractivity (Wildman–Crippen MR) is 137 cm³/mol. The quantitative estimate of drug-likeness (QED) is 0.348. The molecule has 0 saturated heterocycles. The first kappa shape index (κ1) is 24.3. The molecule has 0 spiro atoms. The number of sulfone groups is 1. The molecule has 38 heavy (non-hydrogen) atoms. The van der Waals surface area contributed by atoms with Crippen LogP contribution in [-0.2, 0) is 34.9 Å². The van der Waals surface area contributed by atoms with Crippen LogP contribution in [0, 0.1) is 11.6 Å². The van der Waals surface area contributed by atoms with Gasteiger partial charge in [-0.05, 0) is 42.7 Å². The number of fused-ring (bicyclic) bond motifs is 2. The van der Waals surface area contributed by atoms with Crippen molar-refractivity contribution in [3.05, 3.63) is 94.7 Å². The van der Waals surface area contributed by atoms with Gasteiger partial charge in [0.1, 0.15) is 40.0 Å². The lowest BCUT2D eigenvalue weighted by atomic mass is 9.99. The average Bonchev–Trinajstić information content (AvgIpc) is 3.42. The number of nitrogens with zero attached hydrogens (tertiary/aromatic N) is 4. The Balaban J connectivity index is 1.36. The maximum Gasteiger partial charge on any atom is 0.186 e. The summed E-state index contributed by atoms with van der Waals surface area (Å²) in [6.45, 7) is 0.419. The van der Waals surface area contributed by atoms with Gasteiger partial charge in [-0.15, -0.1) is 0 Å². The van der Waals surface area contributed by atoms with E-state index in [2.05, 4.69) is 19.9 Å². The molecule has 192 valence electrons. The molecule has 0 N–H and O–H groups in total. The number of aryl methyl sites for hydroxylation is 1. The van der Waals surface area contributed by atoms with Crippen LogP contribution in [0.4, 0.5) is 14.5 Å². The van der Waals surface area contributed by atoms with Gasteiger partial charge in [0.05, 0.1) is 23.7 Å². The highest BCUT2D eigenvalue weighted by atomic mass is 32.2. The van der Waals surface area contributed by atoms with Gasteiger partial charge in [0.15, 0.2) is 9.84 Å². The van der Waals surface area contributed by atoms with E-state index in [1.165, 1.54) is 24.7 Å². The van der Waals surface area contributed by atoms with Gasteiger partial charge in [-0.25, -0.2) is 27.2 Å². The Morgan fingerprint density at radius 2 is 1.89 bits per heavy atom. The Morgan fingerprint density at radius 3 is 2.79 bits per heavy atom. The molecule has 0 amide bonds. The zero-order valence-corrected chi connectivity index (χ0v) is 21.0. The molecule has 0 atom stereocenters. The molecular formula is C28H22F2N4O3S. The summed E-state index contributed by atoms with van der Waals surface area (Å²) in [6, 6.07) is 10.7. The number of hydrogen-bond acceptors (Lipinski definition) is 7. The molecule has 2 aliphatic rings. The van der Waals surface area contributed by atoms with Crippen molar-refractivity contribution in [1.29, 1.82) is 0 Å². The van der Waals surface area contributed by atoms with Crippen LogP contribution in [0.1, 0.15) is 34.5 Å². The van der Waals surface area contributed by atoms with Crippen molar-refractivity contribution in [2.24, 2.45) is 4.99 Å². The Labute approximate surface area is 218 Å². The standard InChI is InChI=1S/C28H22F2N4O3S/c29-21-9-8-18(15-38(35,36)24-7-1-4-17-5-3-13-37-28(17)24)25(30)20(21)14-23-19(6-2-11-31-23)26-27-22(10-12-32-27)33-16-34-26/h1-2,4,6-9,11-12,16H,3,5,10,13-15H2. The molecule has 10 heteroatoms. The molecule has 0 radical (unpaired) electrons. The molecule has 6 rings (SSSR count). The second kappa shape index (κ2) is 9.68. The second-order valence-electron chi connectivity index (χ2n) is 9.16. The van der Waals surface area contributed by atoms with Crippen LogP contribution in [-0.4, -0.2) is 36.2 Å². The van der Waals surface area contributed by atoms with Gasteiger partial charge < -0.3 is 4.74 Å². The van der Waals surface area contributed by atoms with Gasteiger partial charge in [0, 0.05) is 41.9 Å². The van der Waals surface area contributed by atoms with Crippen molar-refractivity contribution in [1.82, 2.24) is 15.0 Å². The first-order valence-corrected chi connectivity index (χ1v) is 13.8. The number of aromatic nitrogens is 3. The van der Waals surface area contributed by atoms with E-state index in [0.29, 0.717) is 47.8 Å². The molecule has 0 bridgehead atoms. The lowest BCUT2D eigenvalue weighted by Crippen LogP contribution is -2.15. The zero-order valence-electron chi connectivity index (χ0n) is 20.2. The minimum Gasteiger partial charge on any atom is -0.492 e. The molecule has 2 aromatic heterocycles. The first-order chi connectivity index (χ1) is 18.4. The van der Waals surface area contributed by atoms with Crippen molar-refractivity contribution < 1.29 is 21.9 Å². The van der Waals surface area contributed by atoms with Gasteiger partial charge in [-0.3, -0.25) is 9.98 Å². The monoisotopic (exact) mass is 532 g/mol. The number of benzene rings is 2. The summed E-state index contributed by atoms with van der Waals surface area (Å²) in [6.07, 6.45) is 6.58. The van der Waals surface area contributed by atoms with Crippen LogP contribution in [0.5, 0.6) is 5.75 Å². The van der Waals surface area contributed by atoms with Crippen LogP contribution < -0.4 is 4.74 Å². The van der Waals surface area contributed by atoms with Crippen LogP contribution >= 0.6 is 0 Å². The zero-order chi connectivity index (χ0) is 26.3. The average molecular weight is 533 g/mol. The van der Waals surface area contributed by atoms with E-state index in [1.807, 2.05) is 6.07 Å². The minimum atomic E-state index is -3.97. The minimum absolute atomic E-state index is 0.0187. The van der Waals surface area contributed by atoms with Crippen molar-refractivity contribution in [3.8, 4) is 17.0 Å². The number of para-hydroxylation sites is 1. The molecule has 0 unspecified atom stereocenters. The van der Waals surface area contributed by atoms with Gasteiger partial charge in [0.25, 0.3) is 0 Å². The SMILES string of the molecule is O=S(=O)(Cc1ccc(F)c(Cc2ncccc2-c2ncnc3c2N=CC3)c1F)c1cccc2c1OCCC2. The lowest BCUT2D eigenvalue weighted by molar-refractivity contribution is 0.280. The van der Waals surface area contributed by atoms with E-state index in [0.717, 1.165) is 23.7 Å². The molecule has 7 nitrogen and oxygen atoms in total. The number of halogens is 2. The highest BCUT2D eigenvalue weighted by Crippen LogP contribution is 2.37. The van der Waals surface area contributed by atoms with Crippen molar-refractivity contribution in [2.45, 2.75) is 36.3 Å². The van der Waals surface area contributed by atoms with Gasteiger partial charge in [-0.2, -0.15) is 0 Å². The van der Waals surface area contributed by atoms with Crippen LogP contribution in [0.15, 0.2) is 64.9 Å². The summed E-state index contributed by atoms with van der Waals surface area (Å²) < 4.78 is 63.1. The molecule has 4 aromatic rings. The summed E-state index contributed by atoms with van der Waals surface area (Å²) in [7, 11) is -3.97. The number of aliphatic imine (C=N–C) groups is 1. The van der Waals surface area contributed by atoms with E-state index in [-0.39, 0.29) is 22.4 Å². The molecule has 4 heterocycles. The van der Waals surface area contributed by atoms with Crippen LogP contribution in [0.2, 0.25) is 0 Å². The fourth-order valence-electron chi connectivity index (χ4n) is 4.89. The molecule has 0 aliphatic carbocycles. The molecule has 0 fully saturated rings. The van der Waals surface area contributed by atoms with Crippen molar-refractivity contribution >= 4 is 21.7 Å². The van der Waals surface area contributed by atoms with Crippen LogP contribution in [0.3, 0.4) is 0 Å². The predicted octanol–water partition coefficient (Wildman–Crippen LogP) is 4.96. The second-order valence-corrected chi connectivity index (χ2v) is 11.1. The Morgan fingerprint density at radius 1 is 1.00 bits per heavy atom. The highest BCUT2D eigenvalue weighted by molar-refractivity contribution is 7.90. The fourth-order valence-corrected chi connectivity index (χ4v) is 6.43. The molecule has 2 aromatic carbocycles. The summed E-state index contributed by atoms with van der Waals surface area (Å²) in [5.74, 6) is -2.01. The highest BCUT2D eigenvalue weighted by Gasteiger charge is 2.27. The maximum absolute atomic E-state index is 15.7.